The first-order chi connectivity index (χ1) is 18.1. The summed E-state index contributed by atoms with van der Waals surface area (Å²) in [5.74, 6) is 0.900. The number of fused-ring (bicyclic) bond motifs is 1. The molecule has 0 aliphatic carbocycles. The lowest BCUT2D eigenvalue weighted by molar-refractivity contribution is 0.0746. The standard InChI is InChI=1S/C30H26ClN5O/c1-21-8-5-6-13-26(21)36-19-25(22-9-3-2-4-10-22)27-28(32-20-33-29(27)36)34-14-16-35(17-15-34)30(37)23-11-7-12-24(31)18-23/h2-13,18-20H,14-17H2,1H3. The second kappa shape index (κ2) is 9.71. The molecular formula is C30H26ClN5O. The maximum absolute atomic E-state index is 13.1. The number of aryl methyl sites for hydroxylation is 1. The summed E-state index contributed by atoms with van der Waals surface area (Å²) in [6, 6.07) is 25.8. The second-order valence-corrected chi connectivity index (χ2v) is 9.69. The van der Waals surface area contributed by atoms with E-state index in [0.717, 1.165) is 33.7 Å². The smallest absolute Gasteiger partial charge is 0.254 e. The predicted molar refractivity (Wildman–Crippen MR) is 149 cm³/mol. The van der Waals surface area contributed by atoms with E-state index in [2.05, 4.69) is 65.1 Å². The van der Waals surface area contributed by atoms with Crippen molar-refractivity contribution in [3.63, 3.8) is 0 Å². The van der Waals surface area contributed by atoms with Crippen LogP contribution in [0.4, 0.5) is 5.82 Å². The Morgan fingerprint density at radius 1 is 0.865 bits per heavy atom. The van der Waals surface area contributed by atoms with Crippen LogP contribution in [0.2, 0.25) is 5.02 Å². The Morgan fingerprint density at radius 3 is 2.38 bits per heavy atom. The summed E-state index contributed by atoms with van der Waals surface area (Å²) < 4.78 is 2.16. The zero-order valence-corrected chi connectivity index (χ0v) is 21.3. The van der Waals surface area contributed by atoms with Gasteiger partial charge in [-0.05, 0) is 42.3 Å². The first kappa shape index (κ1) is 23.3. The highest BCUT2D eigenvalue weighted by atomic mass is 35.5. The van der Waals surface area contributed by atoms with E-state index < -0.39 is 0 Å². The van der Waals surface area contributed by atoms with Crippen molar-refractivity contribution in [2.45, 2.75) is 6.92 Å². The largest absolute Gasteiger partial charge is 0.352 e. The molecule has 5 aromatic rings. The van der Waals surface area contributed by atoms with E-state index in [0.29, 0.717) is 36.8 Å². The number of rotatable bonds is 4. The predicted octanol–water partition coefficient (Wildman–Crippen LogP) is 6.01. The van der Waals surface area contributed by atoms with E-state index in [1.807, 2.05) is 29.2 Å². The van der Waals surface area contributed by atoms with E-state index >= 15 is 0 Å². The van der Waals surface area contributed by atoms with Crippen LogP contribution < -0.4 is 4.90 Å². The Bertz CT molecular complexity index is 1590. The molecule has 1 aliphatic heterocycles. The van der Waals surface area contributed by atoms with Crippen LogP contribution in [0.5, 0.6) is 0 Å². The van der Waals surface area contributed by atoms with Gasteiger partial charge in [0, 0.05) is 54.2 Å². The van der Waals surface area contributed by atoms with Crippen molar-refractivity contribution in [1.82, 2.24) is 19.4 Å². The number of nitrogens with zero attached hydrogens (tertiary/aromatic N) is 5. The Morgan fingerprint density at radius 2 is 1.62 bits per heavy atom. The average Bonchev–Trinajstić information content (AvgIpc) is 3.33. The lowest BCUT2D eigenvalue weighted by Gasteiger charge is -2.35. The second-order valence-electron chi connectivity index (χ2n) is 9.25. The fourth-order valence-electron chi connectivity index (χ4n) is 5.06. The van der Waals surface area contributed by atoms with Gasteiger partial charge in [-0.15, -0.1) is 0 Å². The van der Waals surface area contributed by atoms with Gasteiger partial charge in [-0.25, -0.2) is 9.97 Å². The Hall–Kier alpha value is -4.16. The minimum absolute atomic E-state index is 0.00525. The van der Waals surface area contributed by atoms with Crippen LogP contribution >= 0.6 is 11.6 Å². The monoisotopic (exact) mass is 507 g/mol. The Balaban J connectivity index is 1.38. The third-order valence-corrected chi connectivity index (χ3v) is 7.20. The van der Waals surface area contributed by atoms with Crippen LogP contribution in [-0.4, -0.2) is 51.5 Å². The Labute approximate surface area is 220 Å². The molecule has 7 heteroatoms. The normalized spacial score (nSPS) is 13.8. The number of halogens is 1. The minimum atomic E-state index is 0.00525. The number of carbonyl (C=O) groups is 1. The van der Waals surface area contributed by atoms with Crippen LogP contribution in [0.3, 0.4) is 0 Å². The van der Waals surface area contributed by atoms with Gasteiger partial charge in [0.2, 0.25) is 0 Å². The summed E-state index contributed by atoms with van der Waals surface area (Å²) in [5.41, 5.74) is 5.96. The van der Waals surface area contributed by atoms with Gasteiger partial charge in [-0.3, -0.25) is 4.79 Å². The summed E-state index contributed by atoms with van der Waals surface area (Å²) in [5, 5.41) is 1.59. The highest BCUT2D eigenvalue weighted by Crippen LogP contribution is 2.37. The molecule has 0 saturated carbocycles. The summed E-state index contributed by atoms with van der Waals surface area (Å²) in [4.78, 5) is 26.7. The molecule has 2 aromatic heterocycles. The van der Waals surface area contributed by atoms with Crippen LogP contribution in [0.25, 0.3) is 27.8 Å². The van der Waals surface area contributed by atoms with Gasteiger partial charge in [0.15, 0.2) is 5.65 Å². The van der Waals surface area contributed by atoms with Gasteiger partial charge in [0.1, 0.15) is 12.1 Å². The van der Waals surface area contributed by atoms with E-state index in [1.54, 1.807) is 18.5 Å². The van der Waals surface area contributed by atoms with E-state index in [4.69, 9.17) is 21.6 Å². The van der Waals surface area contributed by atoms with E-state index in [9.17, 15) is 4.79 Å². The van der Waals surface area contributed by atoms with Gasteiger partial charge in [0.25, 0.3) is 5.91 Å². The zero-order valence-electron chi connectivity index (χ0n) is 20.5. The number of piperazine rings is 1. The summed E-state index contributed by atoms with van der Waals surface area (Å²) in [6.07, 6.45) is 3.81. The van der Waals surface area contributed by atoms with E-state index in [1.165, 1.54) is 5.56 Å². The van der Waals surface area contributed by atoms with Crippen molar-refractivity contribution in [2.75, 3.05) is 31.1 Å². The highest BCUT2D eigenvalue weighted by molar-refractivity contribution is 6.31. The van der Waals surface area contributed by atoms with Crippen molar-refractivity contribution >= 4 is 34.4 Å². The van der Waals surface area contributed by atoms with Crippen molar-refractivity contribution < 1.29 is 4.79 Å². The topological polar surface area (TPSA) is 54.3 Å². The molecule has 0 bridgehead atoms. The SMILES string of the molecule is Cc1ccccc1-n1cc(-c2ccccc2)c2c(N3CCN(C(=O)c4cccc(Cl)c4)CC3)ncnc21. The number of anilines is 1. The molecule has 6 nitrogen and oxygen atoms in total. The third kappa shape index (κ3) is 4.34. The molecule has 37 heavy (non-hydrogen) atoms. The number of benzene rings is 3. The number of aromatic nitrogens is 3. The lowest BCUT2D eigenvalue weighted by atomic mass is 10.1. The number of hydrogen-bond donors (Lipinski definition) is 0. The molecular weight excluding hydrogens is 482 g/mol. The quantitative estimate of drug-likeness (QED) is 0.299. The molecule has 0 atom stereocenters. The molecule has 0 unspecified atom stereocenters. The Kier molecular flexibility index (Phi) is 6.10. The van der Waals surface area contributed by atoms with Crippen LogP contribution in [0.15, 0.2) is 91.4 Å². The fraction of sp³-hybridized carbons (Fsp3) is 0.167. The summed E-state index contributed by atoms with van der Waals surface area (Å²) in [6.45, 7) is 4.69. The lowest BCUT2D eigenvalue weighted by Crippen LogP contribution is -2.49. The molecule has 3 heterocycles. The van der Waals surface area contributed by atoms with Crippen molar-refractivity contribution in [3.8, 4) is 16.8 Å². The van der Waals surface area contributed by atoms with Gasteiger partial charge >= 0.3 is 0 Å². The van der Waals surface area contributed by atoms with Crippen molar-refractivity contribution in [1.29, 1.82) is 0 Å². The number of amides is 1. The molecule has 1 fully saturated rings. The first-order valence-corrected chi connectivity index (χ1v) is 12.8. The highest BCUT2D eigenvalue weighted by Gasteiger charge is 2.26. The fourth-order valence-corrected chi connectivity index (χ4v) is 5.26. The summed E-state index contributed by atoms with van der Waals surface area (Å²) in [7, 11) is 0. The van der Waals surface area contributed by atoms with Gasteiger partial charge in [-0.2, -0.15) is 0 Å². The zero-order chi connectivity index (χ0) is 25.4. The molecule has 0 spiro atoms. The minimum Gasteiger partial charge on any atom is -0.352 e. The van der Waals surface area contributed by atoms with Crippen molar-refractivity contribution in [3.05, 3.63) is 108 Å². The van der Waals surface area contributed by atoms with E-state index in [-0.39, 0.29) is 5.91 Å². The molecule has 184 valence electrons. The van der Waals surface area contributed by atoms with Crippen LogP contribution in [-0.2, 0) is 0 Å². The van der Waals surface area contributed by atoms with Gasteiger partial charge in [0.05, 0.1) is 5.39 Å². The average molecular weight is 508 g/mol. The molecule has 3 aromatic carbocycles. The molecule has 0 radical (unpaired) electrons. The van der Waals surface area contributed by atoms with Crippen LogP contribution in [0, 0.1) is 6.92 Å². The first-order valence-electron chi connectivity index (χ1n) is 12.4. The summed E-state index contributed by atoms with van der Waals surface area (Å²) >= 11 is 6.11. The number of para-hydroxylation sites is 1. The maximum Gasteiger partial charge on any atom is 0.254 e. The molecule has 1 amide bonds. The number of carbonyl (C=O) groups excluding carboxylic acids is 1. The van der Waals surface area contributed by atoms with Crippen molar-refractivity contribution in [2.24, 2.45) is 0 Å². The molecule has 6 rings (SSSR count). The number of hydrogen-bond acceptors (Lipinski definition) is 4. The molecule has 1 saturated heterocycles. The van der Waals surface area contributed by atoms with Gasteiger partial charge < -0.3 is 14.4 Å². The molecule has 1 aliphatic rings. The van der Waals surface area contributed by atoms with Gasteiger partial charge in [-0.1, -0.05) is 66.2 Å². The molecule has 0 N–H and O–H groups in total. The van der Waals surface area contributed by atoms with Crippen LogP contribution in [0.1, 0.15) is 15.9 Å². The maximum atomic E-state index is 13.1. The third-order valence-electron chi connectivity index (χ3n) is 6.96.